The van der Waals surface area contributed by atoms with Crippen LogP contribution in [0.5, 0.6) is 0 Å². The number of nitriles is 1. The van der Waals surface area contributed by atoms with E-state index in [-0.39, 0.29) is 5.41 Å². The van der Waals surface area contributed by atoms with Crippen LogP contribution in [0.25, 0.3) is 0 Å². The minimum absolute atomic E-state index is 0.126. The van der Waals surface area contributed by atoms with E-state index in [9.17, 15) is 5.26 Å². The van der Waals surface area contributed by atoms with Gasteiger partial charge in [-0.15, -0.1) is 0 Å². The van der Waals surface area contributed by atoms with Crippen LogP contribution in [0, 0.1) is 22.7 Å². The largest absolute Gasteiger partial charge is 0.380 e. The van der Waals surface area contributed by atoms with Gasteiger partial charge in [-0.05, 0) is 24.6 Å². The molecule has 0 radical (unpaired) electrons. The van der Waals surface area contributed by atoms with Crippen molar-refractivity contribution >= 4 is 21.6 Å². The number of hydrogen-bond acceptors (Lipinski definition) is 3. The van der Waals surface area contributed by atoms with Gasteiger partial charge in [0.1, 0.15) is 6.07 Å². The molecule has 3 nitrogen and oxygen atoms in total. The van der Waals surface area contributed by atoms with Crippen molar-refractivity contribution in [3.63, 3.8) is 0 Å². The number of rotatable bonds is 2. The van der Waals surface area contributed by atoms with Gasteiger partial charge in [-0.2, -0.15) is 5.26 Å². The summed E-state index contributed by atoms with van der Waals surface area (Å²) >= 11 is 3.40. The Morgan fingerprint density at radius 3 is 3.00 bits per heavy atom. The molecule has 0 spiro atoms. The molecule has 2 fully saturated rings. The Morgan fingerprint density at radius 1 is 1.47 bits per heavy atom. The fourth-order valence-corrected chi connectivity index (χ4v) is 3.88. The predicted octanol–water partition coefficient (Wildman–Crippen LogP) is 3.55. The molecule has 1 heterocycles. The van der Waals surface area contributed by atoms with Gasteiger partial charge in [0.15, 0.2) is 0 Å². The third-order valence-electron chi connectivity index (χ3n) is 4.51. The number of halogens is 1. The normalized spacial score (nSPS) is 31.2. The van der Waals surface area contributed by atoms with Crippen LogP contribution in [0.2, 0.25) is 0 Å². The molecule has 0 amide bonds. The Balaban J connectivity index is 1.84. The van der Waals surface area contributed by atoms with E-state index < -0.39 is 0 Å². The van der Waals surface area contributed by atoms with E-state index in [0.29, 0.717) is 23.6 Å². The van der Waals surface area contributed by atoms with Crippen molar-refractivity contribution in [2.75, 3.05) is 11.9 Å². The van der Waals surface area contributed by atoms with Gasteiger partial charge >= 0.3 is 0 Å². The third kappa shape index (κ3) is 1.96. The lowest BCUT2D eigenvalue weighted by atomic mass is 9.57. The zero-order valence-corrected chi connectivity index (χ0v) is 12.7. The van der Waals surface area contributed by atoms with E-state index in [1.54, 1.807) is 0 Å². The maximum atomic E-state index is 9.23. The summed E-state index contributed by atoms with van der Waals surface area (Å²) in [4.78, 5) is 0. The van der Waals surface area contributed by atoms with Crippen LogP contribution in [-0.4, -0.2) is 18.8 Å². The van der Waals surface area contributed by atoms with E-state index >= 15 is 0 Å². The molecule has 3 atom stereocenters. The second-order valence-corrected chi connectivity index (χ2v) is 6.90. The van der Waals surface area contributed by atoms with Gasteiger partial charge in [-0.25, -0.2) is 0 Å². The molecule has 1 aromatic carbocycles. The highest BCUT2D eigenvalue weighted by Gasteiger charge is 2.59. The quantitative estimate of drug-likeness (QED) is 0.906. The first kappa shape index (κ1) is 13.0. The highest BCUT2D eigenvalue weighted by Crippen LogP contribution is 2.53. The molecule has 1 saturated carbocycles. The lowest BCUT2D eigenvalue weighted by Crippen LogP contribution is -2.63. The fourth-order valence-electron chi connectivity index (χ4n) is 3.52. The minimum atomic E-state index is 0.126. The van der Waals surface area contributed by atoms with Gasteiger partial charge in [0.05, 0.1) is 17.4 Å². The molecule has 0 aromatic heterocycles. The lowest BCUT2D eigenvalue weighted by Gasteiger charge is -2.55. The van der Waals surface area contributed by atoms with E-state index in [1.807, 2.05) is 18.2 Å². The second kappa shape index (κ2) is 4.50. The first-order chi connectivity index (χ1) is 9.04. The SMILES string of the molecule is CC1(C)C(Nc2ccc(Br)cc2C#N)C2CCOC21. The van der Waals surface area contributed by atoms with Crippen molar-refractivity contribution in [1.29, 1.82) is 5.26 Å². The van der Waals surface area contributed by atoms with Crippen LogP contribution < -0.4 is 5.32 Å². The summed E-state index contributed by atoms with van der Waals surface area (Å²) in [5.74, 6) is 0.574. The van der Waals surface area contributed by atoms with Gasteiger partial charge in [0, 0.05) is 28.5 Å². The average Bonchev–Trinajstić information content (AvgIpc) is 2.83. The fraction of sp³-hybridized carbons (Fsp3) is 0.533. The van der Waals surface area contributed by atoms with E-state index in [0.717, 1.165) is 23.2 Å². The van der Waals surface area contributed by atoms with Gasteiger partial charge in [0.2, 0.25) is 0 Å². The molecule has 1 saturated heterocycles. The van der Waals surface area contributed by atoms with Crippen LogP contribution in [0.4, 0.5) is 5.69 Å². The van der Waals surface area contributed by atoms with Crippen molar-refractivity contribution < 1.29 is 4.74 Å². The average molecular weight is 321 g/mol. The van der Waals surface area contributed by atoms with Crippen LogP contribution in [0.3, 0.4) is 0 Å². The molecule has 0 bridgehead atoms. The van der Waals surface area contributed by atoms with Gasteiger partial charge in [0.25, 0.3) is 0 Å². The molecule has 4 heteroatoms. The number of nitrogens with zero attached hydrogens (tertiary/aromatic N) is 1. The number of nitrogens with one attached hydrogen (secondary N) is 1. The molecular formula is C15H17BrN2O. The number of anilines is 1. The van der Waals surface area contributed by atoms with E-state index in [1.165, 1.54) is 0 Å². The first-order valence-electron chi connectivity index (χ1n) is 6.62. The summed E-state index contributed by atoms with van der Waals surface area (Å²) in [6, 6.07) is 8.44. The molecular weight excluding hydrogens is 304 g/mol. The predicted molar refractivity (Wildman–Crippen MR) is 77.9 cm³/mol. The van der Waals surface area contributed by atoms with Crippen molar-refractivity contribution in [1.82, 2.24) is 0 Å². The van der Waals surface area contributed by atoms with Crippen LogP contribution in [0.1, 0.15) is 25.8 Å². The zero-order valence-electron chi connectivity index (χ0n) is 11.1. The maximum Gasteiger partial charge on any atom is 0.101 e. The molecule has 1 N–H and O–H groups in total. The molecule has 1 aromatic rings. The zero-order chi connectivity index (χ0) is 13.6. The molecule has 3 rings (SSSR count). The summed E-state index contributed by atoms with van der Waals surface area (Å²) in [6.07, 6.45) is 1.48. The van der Waals surface area contributed by atoms with Crippen LogP contribution >= 0.6 is 15.9 Å². The Kier molecular flexibility index (Phi) is 3.07. The van der Waals surface area contributed by atoms with Crippen molar-refractivity contribution in [3.8, 4) is 6.07 Å². The Morgan fingerprint density at radius 2 is 2.26 bits per heavy atom. The maximum absolute atomic E-state index is 9.23. The summed E-state index contributed by atoms with van der Waals surface area (Å²) in [5.41, 5.74) is 1.74. The smallest absolute Gasteiger partial charge is 0.101 e. The summed E-state index contributed by atoms with van der Waals surface area (Å²) < 4.78 is 6.73. The Bertz CT molecular complexity index is 550. The summed E-state index contributed by atoms with van der Waals surface area (Å²) in [5, 5.41) is 12.8. The van der Waals surface area contributed by atoms with Crippen LogP contribution in [0.15, 0.2) is 22.7 Å². The molecule has 1 aliphatic heterocycles. The third-order valence-corrected chi connectivity index (χ3v) is 5.01. The molecule has 19 heavy (non-hydrogen) atoms. The van der Waals surface area contributed by atoms with Gasteiger partial charge in [-0.3, -0.25) is 0 Å². The van der Waals surface area contributed by atoms with E-state index in [4.69, 9.17) is 4.74 Å². The Hall–Kier alpha value is -1.05. The highest BCUT2D eigenvalue weighted by molar-refractivity contribution is 9.10. The van der Waals surface area contributed by atoms with Crippen LogP contribution in [-0.2, 0) is 4.74 Å². The first-order valence-corrected chi connectivity index (χ1v) is 7.41. The number of hydrogen-bond donors (Lipinski definition) is 1. The molecule has 3 unspecified atom stereocenters. The van der Waals surface area contributed by atoms with Crippen molar-refractivity contribution in [2.24, 2.45) is 11.3 Å². The molecule has 2 aliphatic rings. The topological polar surface area (TPSA) is 45.0 Å². The second-order valence-electron chi connectivity index (χ2n) is 5.99. The number of ether oxygens (including phenoxy) is 1. The number of fused-ring (bicyclic) bond motifs is 1. The van der Waals surface area contributed by atoms with Gasteiger partial charge < -0.3 is 10.1 Å². The minimum Gasteiger partial charge on any atom is -0.380 e. The summed E-state index contributed by atoms with van der Waals surface area (Å²) in [7, 11) is 0. The standard InChI is InChI=1S/C15H17BrN2O/c1-15(2)13(11-5-6-19-14(11)15)18-12-4-3-10(16)7-9(12)8-17/h3-4,7,11,13-14,18H,5-6H2,1-2H3. The van der Waals surface area contributed by atoms with E-state index in [2.05, 4.69) is 41.2 Å². The monoisotopic (exact) mass is 320 g/mol. The van der Waals surface area contributed by atoms with Gasteiger partial charge in [-0.1, -0.05) is 29.8 Å². The van der Waals surface area contributed by atoms with Crippen molar-refractivity contribution in [3.05, 3.63) is 28.2 Å². The molecule has 1 aliphatic carbocycles. The number of benzene rings is 1. The molecule has 100 valence electrons. The Labute approximate surface area is 122 Å². The van der Waals surface area contributed by atoms with Crippen molar-refractivity contribution in [2.45, 2.75) is 32.4 Å². The highest BCUT2D eigenvalue weighted by atomic mass is 79.9. The summed E-state index contributed by atoms with van der Waals surface area (Å²) in [6.45, 7) is 5.34. The lowest BCUT2D eigenvalue weighted by molar-refractivity contribution is -0.0923.